The quantitative estimate of drug-likeness (QED) is 0.821. The molecule has 3 nitrogen and oxygen atoms in total. The van der Waals surface area contributed by atoms with E-state index in [1.54, 1.807) is 0 Å². The average Bonchev–Trinajstić information content (AvgIpc) is 2.45. The SMILES string of the molecule is Cc1cc(Br)ccc1C(=O)NCCCN1CCC(C)CC1. The van der Waals surface area contributed by atoms with Gasteiger partial charge in [0.2, 0.25) is 0 Å². The fraction of sp³-hybridized carbons (Fsp3) is 0.588. The molecule has 0 spiro atoms. The van der Waals surface area contributed by atoms with Crippen LogP contribution < -0.4 is 5.32 Å². The lowest BCUT2D eigenvalue weighted by molar-refractivity contribution is 0.0950. The van der Waals surface area contributed by atoms with E-state index in [0.717, 1.165) is 41.0 Å². The van der Waals surface area contributed by atoms with Crippen molar-refractivity contribution in [3.05, 3.63) is 33.8 Å². The number of piperidine rings is 1. The first-order valence-electron chi connectivity index (χ1n) is 7.83. The van der Waals surface area contributed by atoms with Crippen molar-refractivity contribution >= 4 is 21.8 Å². The molecule has 0 aliphatic carbocycles. The molecular weight excluding hydrogens is 328 g/mol. The number of likely N-dealkylation sites (tertiary alicyclic amines) is 1. The summed E-state index contributed by atoms with van der Waals surface area (Å²) >= 11 is 3.42. The topological polar surface area (TPSA) is 32.3 Å². The summed E-state index contributed by atoms with van der Waals surface area (Å²) in [5, 5.41) is 3.03. The maximum atomic E-state index is 12.1. The average molecular weight is 353 g/mol. The number of hydrogen-bond acceptors (Lipinski definition) is 2. The van der Waals surface area contributed by atoms with Gasteiger partial charge in [-0.1, -0.05) is 22.9 Å². The van der Waals surface area contributed by atoms with Crippen molar-refractivity contribution in [2.75, 3.05) is 26.2 Å². The van der Waals surface area contributed by atoms with E-state index in [9.17, 15) is 4.79 Å². The van der Waals surface area contributed by atoms with Crippen molar-refractivity contribution in [2.24, 2.45) is 5.92 Å². The first kappa shape index (κ1) is 16.5. The third-order valence-electron chi connectivity index (χ3n) is 4.25. The molecule has 1 saturated heterocycles. The van der Waals surface area contributed by atoms with E-state index < -0.39 is 0 Å². The van der Waals surface area contributed by atoms with E-state index in [-0.39, 0.29) is 5.91 Å². The Labute approximate surface area is 136 Å². The molecule has 0 saturated carbocycles. The fourth-order valence-electron chi connectivity index (χ4n) is 2.77. The largest absolute Gasteiger partial charge is 0.352 e. The van der Waals surface area contributed by atoms with Crippen molar-refractivity contribution in [3.63, 3.8) is 0 Å². The number of halogens is 1. The van der Waals surface area contributed by atoms with Gasteiger partial charge in [-0.2, -0.15) is 0 Å². The van der Waals surface area contributed by atoms with E-state index in [2.05, 4.69) is 33.1 Å². The normalized spacial score (nSPS) is 16.9. The third-order valence-corrected chi connectivity index (χ3v) is 4.74. The van der Waals surface area contributed by atoms with Crippen LogP contribution in [0.5, 0.6) is 0 Å². The van der Waals surface area contributed by atoms with Gasteiger partial charge >= 0.3 is 0 Å². The van der Waals surface area contributed by atoms with E-state index in [1.165, 1.54) is 25.9 Å². The second-order valence-corrected chi connectivity index (χ2v) is 7.01. The van der Waals surface area contributed by atoms with Gasteiger partial charge in [-0.3, -0.25) is 4.79 Å². The maximum Gasteiger partial charge on any atom is 0.251 e. The summed E-state index contributed by atoms with van der Waals surface area (Å²) in [7, 11) is 0. The Morgan fingerprint density at radius 2 is 2.10 bits per heavy atom. The molecule has 1 N–H and O–H groups in total. The van der Waals surface area contributed by atoms with Crippen LogP contribution in [0.4, 0.5) is 0 Å². The van der Waals surface area contributed by atoms with Gasteiger partial charge in [-0.05, 0) is 75.5 Å². The van der Waals surface area contributed by atoms with E-state index in [4.69, 9.17) is 0 Å². The van der Waals surface area contributed by atoms with E-state index in [0.29, 0.717) is 0 Å². The molecule has 1 aromatic carbocycles. The van der Waals surface area contributed by atoms with E-state index >= 15 is 0 Å². The standard InChI is InChI=1S/C17H25BrN2O/c1-13-6-10-20(11-7-13)9-3-8-19-17(21)16-5-4-15(18)12-14(16)2/h4-5,12-13H,3,6-11H2,1-2H3,(H,19,21). The van der Waals surface area contributed by atoms with Crippen molar-refractivity contribution in [3.8, 4) is 0 Å². The summed E-state index contributed by atoms with van der Waals surface area (Å²) in [6, 6.07) is 5.77. The number of nitrogens with one attached hydrogen (secondary N) is 1. The van der Waals surface area contributed by atoms with Crippen LogP contribution in [0.1, 0.15) is 42.1 Å². The Morgan fingerprint density at radius 3 is 2.76 bits per heavy atom. The Morgan fingerprint density at radius 1 is 1.38 bits per heavy atom. The van der Waals surface area contributed by atoms with Crippen LogP contribution in [0.2, 0.25) is 0 Å². The van der Waals surface area contributed by atoms with Crippen molar-refractivity contribution in [2.45, 2.75) is 33.1 Å². The predicted octanol–water partition coefficient (Wildman–Crippen LogP) is 3.61. The van der Waals surface area contributed by atoms with Gasteiger partial charge in [-0.25, -0.2) is 0 Å². The third kappa shape index (κ3) is 5.11. The summed E-state index contributed by atoms with van der Waals surface area (Å²) in [5.74, 6) is 0.911. The zero-order valence-corrected chi connectivity index (χ0v) is 14.6. The molecule has 1 fully saturated rings. The highest BCUT2D eigenvalue weighted by Gasteiger charge is 2.15. The molecule has 0 bridgehead atoms. The molecule has 1 amide bonds. The molecule has 21 heavy (non-hydrogen) atoms. The zero-order chi connectivity index (χ0) is 15.2. The predicted molar refractivity (Wildman–Crippen MR) is 90.7 cm³/mol. The zero-order valence-electron chi connectivity index (χ0n) is 13.0. The first-order chi connectivity index (χ1) is 10.1. The van der Waals surface area contributed by atoms with Crippen LogP contribution in [-0.4, -0.2) is 37.0 Å². The minimum absolute atomic E-state index is 0.0345. The minimum Gasteiger partial charge on any atom is -0.352 e. The van der Waals surface area contributed by atoms with Gasteiger partial charge < -0.3 is 10.2 Å². The lowest BCUT2D eigenvalue weighted by Gasteiger charge is -2.30. The highest BCUT2D eigenvalue weighted by molar-refractivity contribution is 9.10. The lowest BCUT2D eigenvalue weighted by Crippen LogP contribution is -2.35. The van der Waals surface area contributed by atoms with Crippen LogP contribution in [0.15, 0.2) is 22.7 Å². The Hall–Kier alpha value is -0.870. The van der Waals surface area contributed by atoms with Gasteiger partial charge in [0, 0.05) is 16.6 Å². The number of nitrogens with zero attached hydrogens (tertiary/aromatic N) is 1. The Bertz CT molecular complexity index is 482. The molecule has 0 atom stereocenters. The van der Waals surface area contributed by atoms with Gasteiger partial charge in [0.25, 0.3) is 5.91 Å². The molecule has 1 heterocycles. The maximum absolute atomic E-state index is 12.1. The lowest BCUT2D eigenvalue weighted by atomic mass is 9.99. The molecule has 0 unspecified atom stereocenters. The number of hydrogen-bond donors (Lipinski definition) is 1. The van der Waals surface area contributed by atoms with Crippen LogP contribution in [0.3, 0.4) is 0 Å². The molecule has 116 valence electrons. The number of aryl methyl sites for hydroxylation is 1. The van der Waals surface area contributed by atoms with Crippen molar-refractivity contribution < 1.29 is 4.79 Å². The van der Waals surface area contributed by atoms with Crippen LogP contribution in [0.25, 0.3) is 0 Å². The molecule has 1 aromatic rings. The van der Waals surface area contributed by atoms with Crippen LogP contribution in [-0.2, 0) is 0 Å². The highest BCUT2D eigenvalue weighted by Crippen LogP contribution is 2.16. The van der Waals surface area contributed by atoms with Crippen molar-refractivity contribution in [1.29, 1.82) is 0 Å². The van der Waals surface area contributed by atoms with Gasteiger partial charge in [-0.15, -0.1) is 0 Å². The van der Waals surface area contributed by atoms with Gasteiger partial charge in [0.1, 0.15) is 0 Å². The molecule has 4 heteroatoms. The fourth-order valence-corrected chi connectivity index (χ4v) is 3.24. The smallest absolute Gasteiger partial charge is 0.251 e. The summed E-state index contributed by atoms with van der Waals surface area (Å²) in [6.45, 7) is 8.56. The number of carbonyl (C=O) groups is 1. The summed E-state index contributed by atoms with van der Waals surface area (Å²) < 4.78 is 1.01. The number of benzene rings is 1. The molecular formula is C17H25BrN2O. The summed E-state index contributed by atoms with van der Waals surface area (Å²) in [4.78, 5) is 14.6. The first-order valence-corrected chi connectivity index (χ1v) is 8.62. The van der Waals surface area contributed by atoms with Crippen LogP contribution >= 0.6 is 15.9 Å². The molecule has 0 aromatic heterocycles. The summed E-state index contributed by atoms with van der Waals surface area (Å²) in [6.07, 6.45) is 3.64. The summed E-state index contributed by atoms with van der Waals surface area (Å²) in [5.41, 5.74) is 1.77. The molecule has 0 radical (unpaired) electrons. The van der Waals surface area contributed by atoms with Gasteiger partial charge in [0.05, 0.1) is 0 Å². The Balaban J connectivity index is 1.69. The van der Waals surface area contributed by atoms with Crippen LogP contribution in [0, 0.1) is 12.8 Å². The monoisotopic (exact) mass is 352 g/mol. The highest BCUT2D eigenvalue weighted by atomic mass is 79.9. The van der Waals surface area contributed by atoms with E-state index in [1.807, 2.05) is 25.1 Å². The minimum atomic E-state index is 0.0345. The second kappa shape index (κ2) is 7.95. The molecule has 1 aliphatic rings. The number of rotatable bonds is 5. The molecule has 1 aliphatic heterocycles. The van der Waals surface area contributed by atoms with Crippen molar-refractivity contribution in [1.82, 2.24) is 10.2 Å². The van der Waals surface area contributed by atoms with Gasteiger partial charge in [0.15, 0.2) is 0 Å². The second-order valence-electron chi connectivity index (χ2n) is 6.09. The number of amides is 1. The Kier molecular flexibility index (Phi) is 6.24. The molecule has 2 rings (SSSR count). The number of carbonyl (C=O) groups excluding carboxylic acids is 1.